The number of amides is 5. The average Bonchev–Trinajstić information content (AvgIpc) is 3.57. The number of carbonyl (C=O) groups is 5. The SMILES string of the molecule is N#Cc1ccc(NC(=O)C2(n3cc(C#CC4CN(c5ccc6c(c5)C(=O)N(C5CCC(=O)NC5=O)C6=O)C4)cn3)CCC2)cc1C(F)(F)F. The predicted octanol–water partition coefficient (Wildman–Crippen LogP) is 3.18. The lowest BCUT2D eigenvalue weighted by Crippen LogP contribution is -2.54. The van der Waals surface area contributed by atoms with Crippen LogP contribution in [0.2, 0.25) is 0 Å². The quantitative estimate of drug-likeness (QED) is 0.310. The fourth-order valence-corrected chi connectivity index (χ4v) is 6.52. The Hall–Kier alpha value is -5.96. The van der Waals surface area contributed by atoms with E-state index >= 15 is 0 Å². The van der Waals surface area contributed by atoms with Gasteiger partial charge in [-0.1, -0.05) is 11.8 Å². The first-order chi connectivity index (χ1) is 23.4. The lowest BCUT2D eigenvalue weighted by molar-refractivity contribution is -0.138. The number of anilines is 2. The van der Waals surface area contributed by atoms with E-state index in [1.807, 2.05) is 4.90 Å². The number of aromatic nitrogens is 2. The number of nitrogens with zero attached hydrogens (tertiary/aromatic N) is 5. The number of piperidine rings is 1. The third-order valence-corrected chi connectivity index (χ3v) is 9.42. The third kappa shape index (κ3) is 5.47. The molecule has 1 aliphatic carbocycles. The fraction of sp³-hybridized carbons (Fsp3) is 0.324. The Morgan fingerprint density at radius 3 is 2.47 bits per heavy atom. The smallest absolute Gasteiger partial charge is 0.369 e. The maximum Gasteiger partial charge on any atom is 0.417 e. The largest absolute Gasteiger partial charge is 0.417 e. The predicted molar refractivity (Wildman–Crippen MR) is 165 cm³/mol. The maximum atomic E-state index is 13.4. The molecule has 1 aromatic heterocycles. The molecule has 3 aliphatic heterocycles. The van der Waals surface area contributed by atoms with Crippen molar-refractivity contribution in [2.75, 3.05) is 23.3 Å². The topological polar surface area (TPSA) is 158 Å². The van der Waals surface area contributed by atoms with Crippen molar-refractivity contribution in [2.24, 2.45) is 5.92 Å². The van der Waals surface area contributed by atoms with Crippen molar-refractivity contribution in [1.82, 2.24) is 20.0 Å². The standard InChI is InChI=1S/C34H26F3N7O5/c35-34(36,37)26-12-22(5-4-21(26)14-38)40-32(49)33(10-1-11-33)43-18-19(15-39-43)2-3-20-16-42(17-20)23-6-7-24-25(13-23)31(48)44(30(24)47)27-8-9-28(45)41-29(27)46/h4-7,12-13,15,18,20,27H,1,8-11,16-17H2,(H,40,49)(H,41,45,46). The highest BCUT2D eigenvalue weighted by atomic mass is 19.4. The summed E-state index contributed by atoms with van der Waals surface area (Å²) in [6, 6.07) is 8.44. The van der Waals surface area contributed by atoms with Crippen LogP contribution in [-0.4, -0.2) is 63.3 Å². The highest BCUT2D eigenvalue weighted by molar-refractivity contribution is 6.23. The zero-order chi connectivity index (χ0) is 34.7. The summed E-state index contributed by atoms with van der Waals surface area (Å²) in [5, 5.41) is 18.1. The summed E-state index contributed by atoms with van der Waals surface area (Å²) in [5.74, 6) is 3.47. The van der Waals surface area contributed by atoms with Gasteiger partial charge in [0.1, 0.15) is 11.6 Å². The van der Waals surface area contributed by atoms with Crippen LogP contribution in [0.15, 0.2) is 48.8 Å². The molecule has 2 saturated heterocycles. The number of carbonyl (C=O) groups excluding carboxylic acids is 5. The van der Waals surface area contributed by atoms with E-state index in [1.165, 1.54) is 23.0 Å². The molecule has 248 valence electrons. The molecule has 7 rings (SSSR count). The summed E-state index contributed by atoms with van der Waals surface area (Å²) in [7, 11) is 0. The molecule has 0 radical (unpaired) electrons. The molecule has 49 heavy (non-hydrogen) atoms. The number of alkyl halides is 3. The Morgan fingerprint density at radius 2 is 1.80 bits per heavy atom. The third-order valence-electron chi connectivity index (χ3n) is 9.42. The molecule has 0 spiro atoms. The molecular formula is C34H26F3N7O5. The number of imide groups is 2. The molecular weight excluding hydrogens is 643 g/mol. The molecule has 1 atom stereocenters. The van der Waals surface area contributed by atoms with Crippen molar-refractivity contribution in [3.05, 3.63) is 76.6 Å². The van der Waals surface area contributed by atoms with Crippen LogP contribution in [0.4, 0.5) is 24.5 Å². The monoisotopic (exact) mass is 669 g/mol. The number of nitriles is 1. The lowest BCUT2D eigenvalue weighted by Gasteiger charge is -2.40. The van der Waals surface area contributed by atoms with E-state index in [-0.39, 0.29) is 35.6 Å². The normalized spacial score (nSPS) is 20.0. The Bertz CT molecular complexity index is 2060. The van der Waals surface area contributed by atoms with E-state index in [9.17, 15) is 37.1 Å². The van der Waals surface area contributed by atoms with Gasteiger partial charge in [0.25, 0.3) is 17.7 Å². The Morgan fingerprint density at radius 1 is 1.04 bits per heavy atom. The number of nitrogens with one attached hydrogen (secondary N) is 2. The van der Waals surface area contributed by atoms with Gasteiger partial charge in [-0.2, -0.15) is 23.5 Å². The zero-order valence-corrected chi connectivity index (χ0v) is 25.6. The number of fused-ring (bicyclic) bond motifs is 1. The van der Waals surface area contributed by atoms with Gasteiger partial charge in [-0.05, 0) is 62.1 Å². The van der Waals surface area contributed by atoms with E-state index in [4.69, 9.17) is 5.26 Å². The summed E-state index contributed by atoms with van der Waals surface area (Å²) in [6.07, 6.45) is 0.127. The van der Waals surface area contributed by atoms with Crippen LogP contribution in [0.5, 0.6) is 0 Å². The molecule has 4 heterocycles. The molecule has 12 nitrogen and oxygen atoms in total. The second-order valence-electron chi connectivity index (χ2n) is 12.4. The van der Waals surface area contributed by atoms with Gasteiger partial charge in [0.15, 0.2) is 0 Å². The van der Waals surface area contributed by atoms with Gasteiger partial charge in [0.2, 0.25) is 11.8 Å². The van der Waals surface area contributed by atoms with Crippen molar-refractivity contribution in [1.29, 1.82) is 5.26 Å². The van der Waals surface area contributed by atoms with Crippen LogP contribution in [0.3, 0.4) is 0 Å². The van der Waals surface area contributed by atoms with Gasteiger partial charge in [-0.3, -0.25) is 38.9 Å². The van der Waals surface area contributed by atoms with E-state index in [2.05, 4.69) is 27.6 Å². The highest BCUT2D eigenvalue weighted by Gasteiger charge is 2.47. The van der Waals surface area contributed by atoms with Crippen LogP contribution in [-0.2, 0) is 26.1 Å². The first-order valence-corrected chi connectivity index (χ1v) is 15.5. The number of rotatable bonds is 5. The molecule has 4 aliphatic rings. The molecule has 5 amide bonds. The van der Waals surface area contributed by atoms with Crippen molar-refractivity contribution < 1.29 is 37.1 Å². The minimum atomic E-state index is -4.76. The lowest BCUT2D eigenvalue weighted by atomic mass is 9.76. The summed E-state index contributed by atoms with van der Waals surface area (Å²) in [5.41, 5.74) is -1.14. The second-order valence-corrected chi connectivity index (χ2v) is 12.4. The molecule has 2 aromatic carbocycles. The van der Waals surface area contributed by atoms with Crippen LogP contribution < -0.4 is 15.5 Å². The van der Waals surface area contributed by atoms with Crippen LogP contribution >= 0.6 is 0 Å². The van der Waals surface area contributed by atoms with Gasteiger partial charge in [0, 0.05) is 37.1 Å². The van der Waals surface area contributed by atoms with Crippen LogP contribution in [0.1, 0.15) is 69.5 Å². The Labute approximate surface area is 276 Å². The van der Waals surface area contributed by atoms with E-state index in [0.717, 1.165) is 29.1 Å². The van der Waals surface area contributed by atoms with Gasteiger partial charge in [0.05, 0.1) is 46.0 Å². The van der Waals surface area contributed by atoms with Crippen LogP contribution in [0.25, 0.3) is 0 Å². The summed E-state index contributed by atoms with van der Waals surface area (Å²) in [4.78, 5) is 66.2. The van der Waals surface area contributed by atoms with Gasteiger partial charge >= 0.3 is 6.18 Å². The molecule has 3 aromatic rings. The first-order valence-electron chi connectivity index (χ1n) is 15.5. The minimum absolute atomic E-state index is 0.0194. The Kier molecular flexibility index (Phi) is 7.50. The first kappa shape index (κ1) is 31.6. The van der Waals surface area contributed by atoms with E-state index < -0.39 is 58.4 Å². The second kappa shape index (κ2) is 11.6. The summed E-state index contributed by atoms with van der Waals surface area (Å²) in [6.45, 7) is 1.10. The summed E-state index contributed by atoms with van der Waals surface area (Å²) < 4.78 is 41.8. The van der Waals surface area contributed by atoms with Crippen molar-refractivity contribution in [2.45, 2.75) is 49.9 Å². The molecule has 1 unspecified atom stereocenters. The molecule has 0 bridgehead atoms. The number of hydrogen-bond acceptors (Lipinski definition) is 8. The fourth-order valence-electron chi connectivity index (χ4n) is 6.52. The Balaban J connectivity index is 0.991. The molecule has 3 fully saturated rings. The van der Waals surface area contributed by atoms with Crippen molar-refractivity contribution in [3.63, 3.8) is 0 Å². The molecule has 2 N–H and O–H groups in total. The van der Waals surface area contributed by atoms with Crippen LogP contribution in [0, 0.1) is 29.1 Å². The van der Waals surface area contributed by atoms with Gasteiger partial charge in [-0.15, -0.1) is 0 Å². The number of benzene rings is 2. The van der Waals surface area contributed by atoms with Gasteiger partial charge in [-0.25, -0.2) is 0 Å². The number of hydrogen-bond donors (Lipinski definition) is 2. The maximum absolute atomic E-state index is 13.4. The highest BCUT2D eigenvalue weighted by Crippen LogP contribution is 2.41. The van der Waals surface area contributed by atoms with E-state index in [0.29, 0.717) is 31.5 Å². The zero-order valence-electron chi connectivity index (χ0n) is 25.6. The molecule has 1 saturated carbocycles. The summed E-state index contributed by atoms with van der Waals surface area (Å²) >= 11 is 0. The van der Waals surface area contributed by atoms with E-state index in [1.54, 1.807) is 24.4 Å². The number of halogens is 3. The minimum Gasteiger partial charge on any atom is -0.369 e. The van der Waals surface area contributed by atoms with Crippen molar-refractivity contribution >= 4 is 40.9 Å². The van der Waals surface area contributed by atoms with Gasteiger partial charge < -0.3 is 10.2 Å². The average molecular weight is 670 g/mol. The molecule has 15 heteroatoms. The van der Waals surface area contributed by atoms with Crippen molar-refractivity contribution in [3.8, 4) is 17.9 Å².